The monoisotopic (exact) mass is 169 g/mol. The van der Waals surface area contributed by atoms with E-state index in [1.807, 2.05) is 0 Å². The second-order valence-corrected chi connectivity index (χ2v) is 3.25. The highest BCUT2D eigenvalue weighted by Crippen LogP contribution is 2.19. The van der Waals surface area contributed by atoms with E-state index in [2.05, 4.69) is 31.3 Å². The van der Waals surface area contributed by atoms with Gasteiger partial charge in [-0.25, -0.2) is 0 Å². The van der Waals surface area contributed by atoms with E-state index in [1.54, 1.807) is 0 Å². The van der Waals surface area contributed by atoms with Gasteiger partial charge in [-0.15, -0.1) is 0 Å². The minimum Gasteiger partial charge on any atom is -0.368 e. The van der Waals surface area contributed by atoms with Crippen molar-refractivity contribution >= 4 is 0 Å². The molecule has 1 unspecified atom stereocenters. The Morgan fingerprint density at radius 1 is 1.50 bits per heavy atom. The minimum atomic E-state index is -0.0196. The summed E-state index contributed by atoms with van der Waals surface area (Å²) in [5.74, 6) is 0. The van der Waals surface area contributed by atoms with E-state index in [9.17, 15) is 0 Å². The third kappa shape index (κ3) is 2.32. The Bertz CT molecular complexity index is 148. The SMILES string of the molecule is CCC=CC1(CC)CNCCO1. The zero-order valence-corrected chi connectivity index (χ0v) is 8.10. The van der Waals surface area contributed by atoms with Crippen molar-refractivity contribution in [3.8, 4) is 0 Å². The highest BCUT2D eigenvalue weighted by atomic mass is 16.5. The van der Waals surface area contributed by atoms with Gasteiger partial charge in [-0.3, -0.25) is 0 Å². The second-order valence-electron chi connectivity index (χ2n) is 3.25. The Morgan fingerprint density at radius 2 is 2.33 bits per heavy atom. The molecule has 0 spiro atoms. The fourth-order valence-electron chi connectivity index (χ4n) is 1.46. The first-order valence-corrected chi connectivity index (χ1v) is 4.85. The van der Waals surface area contributed by atoms with Gasteiger partial charge < -0.3 is 10.1 Å². The molecule has 2 nitrogen and oxygen atoms in total. The van der Waals surface area contributed by atoms with Gasteiger partial charge >= 0.3 is 0 Å². The van der Waals surface area contributed by atoms with Crippen LogP contribution in [0.25, 0.3) is 0 Å². The molecule has 12 heavy (non-hydrogen) atoms. The summed E-state index contributed by atoms with van der Waals surface area (Å²) in [6, 6.07) is 0. The highest BCUT2D eigenvalue weighted by Gasteiger charge is 2.27. The molecule has 2 heteroatoms. The van der Waals surface area contributed by atoms with Gasteiger partial charge in [0.2, 0.25) is 0 Å². The molecule has 0 aromatic rings. The summed E-state index contributed by atoms with van der Waals surface area (Å²) in [7, 11) is 0. The lowest BCUT2D eigenvalue weighted by atomic mass is 9.98. The lowest BCUT2D eigenvalue weighted by Gasteiger charge is -2.34. The molecule has 0 aromatic carbocycles. The maximum Gasteiger partial charge on any atom is 0.0984 e. The minimum absolute atomic E-state index is 0.0196. The highest BCUT2D eigenvalue weighted by molar-refractivity contribution is 5.04. The predicted molar refractivity (Wildman–Crippen MR) is 51.3 cm³/mol. The van der Waals surface area contributed by atoms with E-state index in [-0.39, 0.29) is 5.60 Å². The first kappa shape index (κ1) is 9.75. The van der Waals surface area contributed by atoms with Crippen molar-refractivity contribution in [2.45, 2.75) is 32.3 Å². The summed E-state index contributed by atoms with van der Waals surface area (Å²) in [4.78, 5) is 0. The predicted octanol–water partition coefficient (Wildman–Crippen LogP) is 1.72. The van der Waals surface area contributed by atoms with Crippen LogP contribution >= 0.6 is 0 Å². The van der Waals surface area contributed by atoms with Crippen molar-refractivity contribution in [2.24, 2.45) is 0 Å². The molecule has 1 atom stereocenters. The van der Waals surface area contributed by atoms with Crippen LogP contribution in [0.2, 0.25) is 0 Å². The smallest absolute Gasteiger partial charge is 0.0984 e. The molecule has 1 fully saturated rings. The Hall–Kier alpha value is -0.340. The molecule has 0 saturated carbocycles. The molecule has 0 amide bonds. The largest absolute Gasteiger partial charge is 0.368 e. The summed E-state index contributed by atoms with van der Waals surface area (Å²) in [6.07, 6.45) is 6.54. The average Bonchev–Trinajstić information content (AvgIpc) is 2.16. The molecule has 70 valence electrons. The molecular formula is C10H19NO. The zero-order chi connectivity index (χ0) is 8.86. The van der Waals surface area contributed by atoms with E-state index in [0.717, 1.165) is 32.5 Å². The Labute approximate surface area is 75.0 Å². The fraction of sp³-hybridized carbons (Fsp3) is 0.800. The molecule has 1 aliphatic rings. The van der Waals surface area contributed by atoms with Crippen molar-refractivity contribution in [1.29, 1.82) is 0 Å². The molecule has 0 aromatic heterocycles. The van der Waals surface area contributed by atoms with Gasteiger partial charge in [-0.05, 0) is 12.8 Å². The Morgan fingerprint density at radius 3 is 2.83 bits per heavy atom. The number of rotatable bonds is 3. The lowest BCUT2D eigenvalue weighted by molar-refractivity contribution is -0.0328. The average molecular weight is 169 g/mol. The number of allylic oxidation sites excluding steroid dienone is 1. The van der Waals surface area contributed by atoms with Crippen LogP contribution in [-0.2, 0) is 4.74 Å². The van der Waals surface area contributed by atoms with Crippen LogP contribution in [0.4, 0.5) is 0 Å². The zero-order valence-electron chi connectivity index (χ0n) is 8.10. The molecule has 1 N–H and O–H groups in total. The first-order valence-electron chi connectivity index (χ1n) is 4.85. The Balaban J connectivity index is 2.53. The van der Waals surface area contributed by atoms with E-state index in [4.69, 9.17) is 4.74 Å². The summed E-state index contributed by atoms with van der Waals surface area (Å²) >= 11 is 0. The van der Waals surface area contributed by atoms with Gasteiger partial charge in [-0.1, -0.05) is 26.0 Å². The van der Waals surface area contributed by atoms with Crippen molar-refractivity contribution in [1.82, 2.24) is 5.32 Å². The molecule has 0 radical (unpaired) electrons. The summed E-state index contributed by atoms with van der Waals surface area (Å²) < 4.78 is 5.77. The van der Waals surface area contributed by atoms with Crippen LogP contribution in [0.15, 0.2) is 12.2 Å². The van der Waals surface area contributed by atoms with E-state index in [1.165, 1.54) is 0 Å². The standard InChI is InChI=1S/C10H19NO/c1-3-5-6-10(4-2)9-11-7-8-12-10/h5-6,11H,3-4,7-9H2,1-2H3. The third-order valence-corrected chi connectivity index (χ3v) is 2.35. The van der Waals surface area contributed by atoms with Gasteiger partial charge in [0, 0.05) is 13.1 Å². The number of morpholine rings is 1. The molecule has 1 rings (SSSR count). The van der Waals surface area contributed by atoms with Crippen molar-refractivity contribution < 1.29 is 4.74 Å². The first-order chi connectivity index (χ1) is 5.83. The maximum atomic E-state index is 5.77. The molecule has 1 heterocycles. The molecule has 0 aliphatic carbocycles. The van der Waals surface area contributed by atoms with Crippen molar-refractivity contribution in [3.05, 3.63) is 12.2 Å². The van der Waals surface area contributed by atoms with Gasteiger partial charge in [-0.2, -0.15) is 0 Å². The van der Waals surface area contributed by atoms with Crippen molar-refractivity contribution in [2.75, 3.05) is 19.7 Å². The van der Waals surface area contributed by atoms with Gasteiger partial charge in [0.1, 0.15) is 0 Å². The summed E-state index contributed by atoms with van der Waals surface area (Å²) in [5.41, 5.74) is -0.0196. The summed E-state index contributed by atoms with van der Waals surface area (Å²) in [6.45, 7) is 7.10. The maximum absolute atomic E-state index is 5.77. The topological polar surface area (TPSA) is 21.3 Å². The van der Waals surface area contributed by atoms with Gasteiger partial charge in [0.15, 0.2) is 0 Å². The van der Waals surface area contributed by atoms with Crippen LogP contribution in [-0.4, -0.2) is 25.3 Å². The fourth-order valence-corrected chi connectivity index (χ4v) is 1.46. The number of nitrogens with one attached hydrogen (secondary N) is 1. The van der Waals surface area contributed by atoms with Crippen LogP contribution < -0.4 is 5.32 Å². The molecule has 1 saturated heterocycles. The van der Waals surface area contributed by atoms with Crippen LogP contribution in [0.1, 0.15) is 26.7 Å². The van der Waals surface area contributed by atoms with E-state index >= 15 is 0 Å². The number of hydrogen-bond donors (Lipinski definition) is 1. The quantitative estimate of drug-likeness (QED) is 0.649. The Kier molecular flexibility index (Phi) is 3.76. The second kappa shape index (κ2) is 4.63. The van der Waals surface area contributed by atoms with E-state index < -0.39 is 0 Å². The van der Waals surface area contributed by atoms with Crippen LogP contribution in [0.3, 0.4) is 0 Å². The summed E-state index contributed by atoms with van der Waals surface area (Å²) in [5, 5.41) is 3.36. The van der Waals surface area contributed by atoms with Crippen LogP contribution in [0, 0.1) is 0 Å². The number of ether oxygens (including phenoxy) is 1. The van der Waals surface area contributed by atoms with E-state index in [0.29, 0.717) is 0 Å². The third-order valence-electron chi connectivity index (χ3n) is 2.35. The molecule has 0 bridgehead atoms. The van der Waals surface area contributed by atoms with Gasteiger partial charge in [0.05, 0.1) is 12.2 Å². The van der Waals surface area contributed by atoms with Crippen LogP contribution in [0.5, 0.6) is 0 Å². The molecule has 1 aliphatic heterocycles. The van der Waals surface area contributed by atoms with Crippen molar-refractivity contribution in [3.63, 3.8) is 0 Å². The molecular weight excluding hydrogens is 150 g/mol. The lowest BCUT2D eigenvalue weighted by Crippen LogP contribution is -2.48. The number of hydrogen-bond acceptors (Lipinski definition) is 2. The van der Waals surface area contributed by atoms with Gasteiger partial charge in [0.25, 0.3) is 0 Å². The normalized spacial score (nSPS) is 31.2.